The van der Waals surface area contributed by atoms with Crippen molar-refractivity contribution in [3.8, 4) is 0 Å². The van der Waals surface area contributed by atoms with E-state index in [-0.39, 0.29) is 0 Å². The van der Waals surface area contributed by atoms with Gasteiger partial charge in [-0.3, -0.25) is 4.90 Å². The van der Waals surface area contributed by atoms with Crippen molar-refractivity contribution in [3.63, 3.8) is 0 Å². The molecule has 0 aromatic carbocycles. The largest absolute Gasteiger partial charge is 0.315 e. The zero-order valence-corrected chi connectivity index (χ0v) is 12.9. The first-order valence-electron chi connectivity index (χ1n) is 7.17. The molecule has 18 heavy (non-hydrogen) atoms. The van der Waals surface area contributed by atoms with Gasteiger partial charge in [-0.1, -0.05) is 26.8 Å². The van der Waals surface area contributed by atoms with Crippen LogP contribution in [0.1, 0.15) is 38.5 Å². The molecule has 104 valence electrons. The molecule has 1 aromatic heterocycles. The van der Waals surface area contributed by atoms with Crippen molar-refractivity contribution in [3.05, 3.63) is 22.4 Å². The zero-order valence-electron chi connectivity index (χ0n) is 12.1. The second-order valence-corrected chi connectivity index (χ2v) is 6.27. The molecule has 1 N–H and O–H groups in total. The van der Waals surface area contributed by atoms with Crippen LogP contribution in [-0.4, -0.2) is 31.1 Å². The predicted octanol–water partition coefficient (Wildman–Crippen LogP) is 3.60. The molecule has 0 atom stereocenters. The summed E-state index contributed by atoms with van der Waals surface area (Å²) in [5.41, 5.74) is 0. The molecule has 0 saturated carbocycles. The number of nitrogens with one attached hydrogen (secondary N) is 1. The molecule has 0 spiro atoms. The van der Waals surface area contributed by atoms with E-state index in [9.17, 15) is 0 Å². The summed E-state index contributed by atoms with van der Waals surface area (Å²) >= 11 is 1.86. The highest BCUT2D eigenvalue weighted by Crippen LogP contribution is 2.11. The van der Waals surface area contributed by atoms with E-state index in [0.29, 0.717) is 0 Å². The normalized spacial score (nSPS) is 11.6. The number of hydrogen-bond donors (Lipinski definition) is 1. The molecule has 0 amide bonds. The van der Waals surface area contributed by atoms with Crippen LogP contribution in [0.15, 0.2) is 17.5 Å². The fourth-order valence-electron chi connectivity index (χ4n) is 1.97. The van der Waals surface area contributed by atoms with Crippen molar-refractivity contribution in [1.29, 1.82) is 0 Å². The molecule has 0 aliphatic carbocycles. The maximum absolute atomic E-state index is 3.55. The molecule has 1 aromatic rings. The molecule has 0 aliphatic heterocycles. The Kier molecular flexibility index (Phi) is 8.31. The Labute approximate surface area is 116 Å². The van der Waals surface area contributed by atoms with Gasteiger partial charge in [0.2, 0.25) is 0 Å². The number of nitrogens with zero attached hydrogens (tertiary/aromatic N) is 1. The highest BCUT2D eigenvalue weighted by Gasteiger charge is 2.03. The van der Waals surface area contributed by atoms with Gasteiger partial charge >= 0.3 is 0 Å². The van der Waals surface area contributed by atoms with Gasteiger partial charge in [0.15, 0.2) is 0 Å². The minimum atomic E-state index is 0.831. The summed E-state index contributed by atoms with van der Waals surface area (Å²) in [4.78, 5) is 3.97. The van der Waals surface area contributed by atoms with E-state index in [1.165, 1.54) is 17.7 Å². The molecule has 3 heteroatoms. The van der Waals surface area contributed by atoms with Crippen LogP contribution in [0.5, 0.6) is 0 Å². The van der Waals surface area contributed by atoms with Crippen molar-refractivity contribution >= 4 is 11.3 Å². The topological polar surface area (TPSA) is 15.3 Å². The lowest BCUT2D eigenvalue weighted by atomic mass is 10.1. The van der Waals surface area contributed by atoms with Gasteiger partial charge < -0.3 is 5.32 Å². The fourth-order valence-corrected chi connectivity index (χ4v) is 2.72. The second-order valence-electron chi connectivity index (χ2n) is 5.23. The van der Waals surface area contributed by atoms with Gasteiger partial charge in [0.05, 0.1) is 0 Å². The molecule has 1 rings (SSSR count). The first-order chi connectivity index (χ1) is 8.72. The third-order valence-corrected chi connectivity index (χ3v) is 4.01. The molecular formula is C15H28N2S. The van der Waals surface area contributed by atoms with Gasteiger partial charge in [-0.05, 0) is 43.3 Å². The fraction of sp³-hybridized carbons (Fsp3) is 0.733. The predicted molar refractivity (Wildman–Crippen MR) is 82.2 cm³/mol. The van der Waals surface area contributed by atoms with Gasteiger partial charge in [-0.15, -0.1) is 11.3 Å². The third-order valence-electron chi connectivity index (χ3n) is 3.15. The van der Waals surface area contributed by atoms with E-state index >= 15 is 0 Å². The van der Waals surface area contributed by atoms with Gasteiger partial charge in [-0.2, -0.15) is 0 Å². The van der Waals surface area contributed by atoms with E-state index in [1.54, 1.807) is 0 Å². The van der Waals surface area contributed by atoms with Crippen molar-refractivity contribution in [2.45, 2.75) is 40.2 Å². The summed E-state index contributed by atoms with van der Waals surface area (Å²) in [5, 5.41) is 5.71. The van der Waals surface area contributed by atoms with Crippen LogP contribution in [0.4, 0.5) is 0 Å². The maximum Gasteiger partial charge on any atom is 0.0328 e. The lowest BCUT2D eigenvalue weighted by Crippen LogP contribution is -2.32. The maximum atomic E-state index is 3.55. The standard InChI is InChI=1S/C15H28N2S/c1-4-17(13-15-8-6-12-18-15)11-10-16-9-5-7-14(2)3/h6,8,12,14,16H,4-5,7,9-11,13H2,1-3H3. The van der Waals surface area contributed by atoms with Crippen molar-refractivity contribution in [2.24, 2.45) is 5.92 Å². The van der Waals surface area contributed by atoms with E-state index in [0.717, 1.165) is 38.6 Å². The molecule has 1 heterocycles. The third kappa shape index (κ3) is 7.14. The zero-order chi connectivity index (χ0) is 13.2. The summed E-state index contributed by atoms with van der Waals surface area (Å²) in [6, 6.07) is 4.36. The van der Waals surface area contributed by atoms with Gasteiger partial charge in [0.1, 0.15) is 0 Å². The van der Waals surface area contributed by atoms with Gasteiger partial charge in [-0.25, -0.2) is 0 Å². The summed E-state index contributed by atoms with van der Waals surface area (Å²) in [6.07, 6.45) is 2.63. The van der Waals surface area contributed by atoms with Gasteiger partial charge in [0, 0.05) is 24.5 Å². The van der Waals surface area contributed by atoms with E-state index < -0.39 is 0 Å². The average Bonchev–Trinajstić information content (AvgIpc) is 2.84. The molecule has 2 nitrogen and oxygen atoms in total. The quantitative estimate of drug-likeness (QED) is 0.652. The Hall–Kier alpha value is -0.380. The number of thiophene rings is 1. The van der Waals surface area contributed by atoms with E-state index in [2.05, 4.69) is 48.5 Å². The number of rotatable bonds is 10. The number of hydrogen-bond acceptors (Lipinski definition) is 3. The Balaban J connectivity index is 2.05. The average molecular weight is 268 g/mol. The Morgan fingerprint density at radius 2 is 2.17 bits per heavy atom. The molecular weight excluding hydrogens is 240 g/mol. The van der Waals surface area contributed by atoms with E-state index in [1.807, 2.05) is 11.3 Å². The molecule has 0 unspecified atom stereocenters. The SMILES string of the molecule is CCN(CCNCCCC(C)C)Cc1cccs1. The molecule has 0 bridgehead atoms. The van der Waals surface area contributed by atoms with Crippen LogP contribution < -0.4 is 5.32 Å². The number of likely N-dealkylation sites (N-methyl/N-ethyl adjacent to an activating group) is 1. The van der Waals surface area contributed by atoms with Crippen LogP contribution in [0, 0.1) is 5.92 Å². The molecule has 0 saturated heterocycles. The van der Waals surface area contributed by atoms with Gasteiger partial charge in [0.25, 0.3) is 0 Å². The van der Waals surface area contributed by atoms with Crippen molar-refractivity contribution in [1.82, 2.24) is 10.2 Å². The first kappa shape index (κ1) is 15.7. The highest BCUT2D eigenvalue weighted by atomic mass is 32.1. The van der Waals surface area contributed by atoms with Crippen LogP contribution in [0.2, 0.25) is 0 Å². The first-order valence-corrected chi connectivity index (χ1v) is 8.05. The minimum absolute atomic E-state index is 0.831. The molecule has 0 radical (unpaired) electrons. The van der Waals surface area contributed by atoms with Crippen molar-refractivity contribution in [2.75, 3.05) is 26.2 Å². The summed E-state index contributed by atoms with van der Waals surface area (Å²) < 4.78 is 0. The summed E-state index contributed by atoms with van der Waals surface area (Å²) in [6.45, 7) is 12.5. The Morgan fingerprint density at radius 1 is 1.33 bits per heavy atom. The Morgan fingerprint density at radius 3 is 2.78 bits per heavy atom. The smallest absolute Gasteiger partial charge is 0.0328 e. The highest BCUT2D eigenvalue weighted by molar-refractivity contribution is 7.09. The lowest BCUT2D eigenvalue weighted by Gasteiger charge is -2.19. The minimum Gasteiger partial charge on any atom is -0.315 e. The summed E-state index contributed by atoms with van der Waals surface area (Å²) in [7, 11) is 0. The summed E-state index contributed by atoms with van der Waals surface area (Å²) in [5.74, 6) is 0.831. The molecule has 0 aliphatic rings. The molecule has 0 fully saturated rings. The van der Waals surface area contributed by atoms with Crippen LogP contribution in [-0.2, 0) is 6.54 Å². The monoisotopic (exact) mass is 268 g/mol. The van der Waals surface area contributed by atoms with Crippen LogP contribution in [0.25, 0.3) is 0 Å². The van der Waals surface area contributed by atoms with E-state index in [4.69, 9.17) is 0 Å². The second kappa shape index (κ2) is 9.54. The van der Waals surface area contributed by atoms with Crippen molar-refractivity contribution < 1.29 is 0 Å². The lowest BCUT2D eigenvalue weighted by molar-refractivity contribution is 0.281. The Bertz CT molecular complexity index is 283. The van der Waals surface area contributed by atoms with Crippen LogP contribution in [0.3, 0.4) is 0 Å². The van der Waals surface area contributed by atoms with Crippen LogP contribution >= 0.6 is 11.3 Å².